The molecule has 0 radical (unpaired) electrons. The Kier molecular flexibility index (Phi) is 3.05. The van der Waals surface area contributed by atoms with Crippen LogP contribution in [0.2, 0.25) is 0 Å². The molecule has 0 unspecified atom stereocenters. The van der Waals surface area contributed by atoms with E-state index in [-0.39, 0.29) is 17.6 Å². The summed E-state index contributed by atoms with van der Waals surface area (Å²) in [4.78, 5) is 8.39. The van der Waals surface area contributed by atoms with E-state index in [0.717, 1.165) is 5.69 Å². The quantitative estimate of drug-likeness (QED) is 0.875. The van der Waals surface area contributed by atoms with Gasteiger partial charge in [0, 0.05) is 11.8 Å². The van der Waals surface area contributed by atoms with Crippen LogP contribution in [0, 0.1) is 13.8 Å². The van der Waals surface area contributed by atoms with Gasteiger partial charge in [0.15, 0.2) is 0 Å². The summed E-state index contributed by atoms with van der Waals surface area (Å²) >= 11 is 0. The average molecular weight is 250 g/mol. The molecule has 2 heterocycles. The summed E-state index contributed by atoms with van der Waals surface area (Å²) in [5, 5.41) is 13.9. The van der Waals surface area contributed by atoms with E-state index in [4.69, 9.17) is 9.47 Å². The lowest BCUT2D eigenvalue weighted by molar-refractivity contribution is 0.349. The van der Waals surface area contributed by atoms with Crippen molar-refractivity contribution in [1.82, 2.24) is 19.7 Å². The van der Waals surface area contributed by atoms with Gasteiger partial charge in [0.25, 0.3) is 11.8 Å². The molecule has 0 atom stereocenters. The summed E-state index contributed by atoms with van der Waals surface area (Å²) in [6.07, 6.45) is 0. The second-order valence-corrected chi connectivity index (χ2v) is 3.71. The van der Waals surface area contributed by atoms with Gasteiger partial charge in [-0.3, -0.25) is 0 Å². The van der Waals surface area contributed by atoms with Gasteiger partial charge in [0.05, 0.1) is 14.2 Å². The van der Waals surface area contributed by atoms with Crippen LogP contribution in [0.25, 0.3) is 5.95 Å². The van der Waals surface area contributed by atoms with Gasteiger partial charge < -0.3 is 14.6 Å². The van der Waals surface area contributed by atoms with Crippen LogP contribution in [0.5, 0.6) is 17.5 Å². The SMILES string of the molecule is COc1cc(C)nc(-n2nc(C)c(O)c2OC)n1. The first-order chi connectivity index (χ1) is 8.56. The molecule has 7 nitrogen and oxygen atoms in total. The van der Waals surface area contributed by atoms with Gasteiger partial charge in [0.2, 0.25) is 11.6 Å². The average Bonchev–Trinajstić information content (AvgIpc) is 2.64. The van der Waals surface area contributed by atoms with Crippen molar-refractivity contribution in [3.8, 4) is 23.5 Å². The smallest absolute Gasteiger partial charge is 0.263 e. The number of ether oxygens (including phenoxy) is 2. The Morgan fingerprint density at radius 2 is 1.89 bits per heavy atom. The second-order valence-electron chi connectivity index (χ2n) is 3.71. The molecular formula is C11H14N4O3. The summed E-state index contributed by atoms with van der Waals surface area (Å²) in [5.74, 6) is 0.876. The molecule has 0 aliphatic heterocycles. The minimum Gasteiger partial charge on any atom is -0.502 e. The highest BCUT2D eigenvalue weighted by Crippen LogP contribution is 2.30. The number of hydrogen-bond donors (Lipinski definition) is 1. The highest BCUT2D eigenvalue weighted by Gasteiger charge is 2.18. The molecule has 1 N–H and O–H groups in total. The van der Waals surface area contributed by atoms with E-state index >= 15 is 0 Å². The largest absolute Gasteiger partial charge is 0.502 e. The fourth-order valence-electron chi connectivity index (χ4n) is 1.54. The Morgan fingerprint density at radius 1 is 1.17 bits per heavy atom. The van der Waals surface area contributed by atoms with E-state index in [1.54, 1.807) is 13.0 Å². The molecular weight excluding hydrogens is 236 g/mol. The summed E-state index contributed by atoms with van der Waals surface area (Å²) < 4.78 is 11.5. The first-order valence-electron chi connectivity index (χ1n) is 5.29. The topological polar surface area (TPSA) is 82.3 Å². The van der Waals surface area contributed by atoms with E-state index < -0.39 is 0 Å². The standard InChI is InChI=1S/C11H14N4O3/c1-6-5-8(17-3)13-11(12-6)15-10(18-4)9(16)7(2)14-15/h5,16H,1-4H3. The third-order valence-corrected chi connectivity index (χ3v) is 2.40. The van der Waals surface area contributed by atoms with Crippen LogP contribution in [0.4, 0.5) is 0 Å². The number of aryl methyl sites for hydroxylation is 2. The number of rotatable bonds is 3. The third kappa shape index (κ3) is 1.94. The Labute approximate surface area is 104 Å². The van der Waals surface area contributed by atoms with Crippen LogP contribution in [0.15, 0.2) is 6.07 Å². The number of aromatic hydroxyl groups is 1. The number of nitrogens with zero attached hydrogens (tertiary/aromatic N) is 4. The van der Waals surface area contributed by atoms with E-state index in [1.807, 2.05) is 6.92 Å². The molecule has 0 fully saturated rings. The number of aromatic nitrogens is 4. The minimum atomic E-state index is -0.0263. The van der Waals surface area contributed by atoms with E-state index in [1.165, 1.54) is 18.9 Å². The van der Waals surface area contributed by atoms with E-state index in [0.29, 0.717) is 11.6 Å². The number of hydrogen-bond acceptors (Lipinski definition) is 6. The van der Waals surface area contributed by atoms with Crippen molar-refractivity contribution in [2.75, 3.05) is 14.2 Å². The molecule has 2 aromatic rings. The normalized spacial score (nSPS) is 10.4. The highest BCUT2D eigenvalue weighted by molar-refractivity contribution is 5.41. The zero-order chi connectivity index (χ0) is 13.3. The zero-order valence-corrected chi connectivity index (χ0v) is 10.6. The Balaban J connectivity index is 2.61. The first kappa shape index (κ1) is 12.2. The number of methoxy groups -OCH3 is 2. The molecule has 96 valence electrons. The Morgan fingerprint density at radius 3 is 2.50 bits per heavy atom. The molecule has 0 saturated carbocycles. The summed E-state index contributed by atoms with van der Waals surface area (Å²) in [7, 11) is 2.97. The van der Waals surface area contributed by atoms with Gasteiger partial charge in [-0.15, -0.1) is 0 Å². The van der Waals surface area contributed by atoms with Crippen LogP contribution in [0.1, 0.15) is 11.4 Å². The van der Waals surface area contributed by atoms with Crippen LogP contribution >= 0.6 is 0 Å². The van der Waals surface area contributed by atoms with Crippen molar-refractivity contribution in [2.24, 2.45) is 0 Å². The lowest BCUT2D eigenvalue weighted by Gasteiger charge is -2.06. The summed E-state index contributed by atoms with van der Waals surface area (Å²) in [5.41, 5.74) is 1.17. The molecule has 2 aromatic heterocycles. The van der Waals surface area contributed by atoms with Gasteiger partial charge in [-0.25, -0.2) is 4.98 Å². The fourth-order valence-corrected chi connectivity index (χ4v) is 1.54. The van der Waals surface area contributed by atoms with Gasteiger partial charge in [-0.05, 0) is 13.8 Å². The lowest BCUT2D eigenvalue weighted by Crippen LogP contribution is -2.07. The molecule has 18 heavy (non-hydrogen) atoms. The van der Waals surface area contributed by atoms with Crippen molar-refractivity contribution < 1.29 is 14.6 Å². The van der Waals surface area contributed by atoms with Gasteiger partial charge in [-0.1, -0.05) is 0 Å². The Bertz CT molecular complexity index is 580. The molecule has 2 rings (SSSR count). The third-order valence-electron chi connectivity index (χ3n) is 2.40. The van der Waals surface area contributed by atoms with Crippen molar-refractivity contribution in [3.05, 3.63) is 17.5 Å². The van der Waals surface area contributed by atoms with Crippen LogP contribution in [-0.4, -0.2) is 39.1 Å². The predicted octanol–water partition coefficient (Wildman–Crippen LogP) is 1.00. The van der Waals surface area contributed by atoms with Crippen molar-refractivity contribution >= 4 is 0 Å². The molecule has 0 amide bonds. The molecule has 0 aliphatic carbocycles. The zero-order valence-electron chi connectivity index (χ0n) is 10.6. The summed E-state index contributed by atoms with van der Waals surface area (Å²) in [6.45, 7) is 3.48. The molecule has 0 spiro atoms. The monoisotopic (exact) mass is 250 g/mol. The lowest BCUT2D eigenvalue weighted by atomic mass is 10.4. The molecule has 0 bridgehead atoms. The highest BCUT2D eigenvalue weighted by atomic mass is 16.5. The maximum atomic E-state index is 9.78. The van der Waals surface area contributed by atoms with Gasteiger partial charge >= 0.3 is 0 Å². The van der Waals surface area contributed by atoms with E-state index in [9.17, 15) is 5.11 Å². The Hall–Kier alpha value is -2.31. The molecule has 0 aromatic carbocycles. The van der Waals surface area contributed by atoms with E-state index in [2.05, 4.69) is 15.1 Å². The predicted molar refractivity (Wildman–Crippen MR) is 63.4 cm³/mol. The molecule has 0 aliphatic rings. The van der Waals surface area contributed by atoms with Crippen molar-refractivity contribution in [2.45, 2.75) is 13.8 Å². The summed E-state index contributed by atoms with van der Waals surface area (Å²) in [6, 6.07) is 1.70. The van der Waals surface area contributed by atoms with Crippen molar-refractivity contribution in [1.29, 1.82) is 0 Å². The maximum absolute atomic E-state index is 9.78. The van der Waals surface area contributed by atoms with Crippen LogP contribution in [-0.2, 0) is 0 Å². The minimum absolute atomic E-state index is 0.0263. The first-order valence-corrected chi connectivity index (χ1v) is 5.29. The maximum Gasteiger partial charge on any atom is 0.263 e. The van der Waals surface area contributed by atoms with Crippen LogP contribution < -0.4 is 9.47 Å². The fraction of sp³-hybridized carbons (Fsp3) is 0.364. The van der Waals surface area contributed by atoms with Crippen molar-refractivity contribution in [3.63, 3.8) is 0 Å². The second kappa shape index (κ2) is 4.52. The van der Waals surface area contributed by atoms with Crippen LogP contribution in [0.3, 0.4) is 0 Å². The van der Waals surface area contributed by atoms with Gasteiger partial charge in [-0.2, -0.15) is 14.8 Å². The molecule has 7 heteroatoms. The van der Waals surface area contributed by atoms with Gasteiger partial charge in [0.1, 0.15) is 5.69 Å². The molecule has 0 saturated heterocycles.